The van der Waals surface area contributed by atoms with Gasteiger partial charge < -0.3 is 9.88 Å². The van der Waals surface area contributed by atoms with E-state index in [4.69, 9.17) is 0 Å². The SMILES string of the molecule is CCCCN(C(=O)[C@@H]1C=C2c3cccc4[nH]cc(c34)C[C@@]2(C)N(C)C1)C(C)C. The Labute approximate surface area is 168 Å². The fourth-order valence-corrected chi connectivity index (χ4v) is 5.05. The molecule has 1 aliphatic carbocycles. The first-order valence-corrected chi connectivity index (χ1v) is 10.7. The molecular formula is C24H33N3O. The molecule has 4 heteroatoms. The van der Waals surface area contributed by atoms with Gasteiger partial charge in [0.25, 0.3) is 0 Å². The molecule has 1 aromatic carbocycles. The van der Waals surface area contributed by atoms with Gasteiger partial charge in [-0.15, -0.1) is 0 Å². The van der Waals surface area contributed by atoms with Crippen LogP contribution in [-0.4, -0.2) is 52.4 Å². The number of carbonyl (C=O) groups excluding carboxylic acids is 1. The van der Waals surface area contributed by atoms with E-state index in [0.29, 0.717) is 0 Å². The maximum Gasteiger partial charge on any atom is 0.231 e. The minimum absolute atomic E-state index is 0.0632. The third kappa shape index (κ3) is 2.89. The molecule has 0 unspecified atom stereocenters. The highest BCUT2D eigenvalue weighted by Gasteiger charge is 2.44. The topological polar surface area (TPSA) is 39.3 Å². The predicted octanol–water partition coefficient (Wildman–Crippen LogP) is 4.46. The van der Waals surface area contributed by atoms with Crippen molar-refractivity contribution in [1.82, 2.24) is 14.8 Å². The summed E-state index contributed by atoms with van der Waals surface area (Å²) in [7, 11) is 2.18. The van der Waals surface area contributed by atoms with Gasteiger partial charge in [-0.3, -0.25) is 9.69 Å². The molecule has 1 N–H and O–H groups in total. The second-order valence-electron chi connectivity index (χ2n) is 9.04. The van der Waals surface area contributed by atoms with Gasteiger partial charge in [0, 0.05) is 41.8 Å². The lowest BCUT2D eigenvalue weighted by Gasteiger charge is -2.48. The summed E-state index contributed by atoms with van der Waals surface area (Å²) in [6, 6.07) is 6.73. The molecule has 150 valence electrons. The largest absolute Gasteiger partial charge is 0.361 e. The first kappa shape index (κ1) is 19.3. The van der Waals surface area contributed by atoms with Crippen molar-refractivity contribution in [3.63, 3.8) is 0 Å². The summed E-state index contributed by atoms with van der Waals surface area (Å²) in [6.07, 6.45) is 7.60. The van der Waals surface area contributed by atoms with E-state index >= 15 is 0 Å². The molecule has 1 amide bonds. The zero-order chi connectivity index (χ0) is 20.1. The van der Waals surface area contributed by atoms with Crippen LogP contribution < -0.4 is 0 Å². The molecule has 2 heterocycles. The average Bonchev–Trinajstić information content (AvgIpc) is 3.07. The number of benzene rings is 1. The molecule has 0 radical (unpaired) electrons. The Kier molecular flexibility index (Phi) is 4.86. The predicted molar refractivity (Wildman–Crippen MR) is 116 cm³/mol. The van der Waals surface area contributed by atoms with Gasteiger partial charge in [0.1, 0.15) is 0 Å². The number of likely N-dealkylation sites (N-methyl/N-ethyl adjacent to an activating group) is 1. The summed E-state index contributed by atoms with van der Waals surface area (Å²) in [4.78, 5) is 21.4. The summed E-state index contributed by atoms with van der Waals surface area (Å²) in [5, 5.41) is 1.33. The highest BCUT2D eigenvalue weighted by molar-refractivity contribution is 6.00. The third-order valence-corrected chi connectivity index (χ3v) is 6.85. The number of hydrogen-bond acceptors (Lipinski definition) is 2. The van der Waals surface area contributed by atoms with E-state index in [2.05, 4.69) is 80.0 Å². The van der Waals surface area contributed by atoms with E-state index < -0.39 is 0 Å². The highest BCUT2D eigenvalue weighted by atomic mass is 16.2. The fourth-order valence-electron chi connectivity index (χ4n) is 5.05. The van der Waals surface area contributed by atoms with Crippen LogP contribution in [0.2, 0.25) is 0 Å². The van der Waals surface area contributed by atoms with Crippen molar-refractivity contribution >= 4 is 22.4 Å². The molecule has 1 aliphatic heterocycles. The van der Waals surface area contributed by atoms with Crippen LogP contribution >= 0.6 is 0 Å². The van der Waals surface area contributed by atoms with Gasteiger partial charge in [0.2, 0.25) is 5.91 Å². The monoisotopic (exact) mass is 379 g/mol. The van der Waals surface area contributed by atoms with Gasteiger partial charge >= 0.3 is 0 Å². The second-order valence-corrected chi connectivity index (χ2v) is 9.04. The maximum absolute atomic E-state index is 13.5. The van der Waals surface area contributed by atoms with Gasteiger partial charge in [-0.1, -0.05) is 31.6 Å². The van der Waals surface area contributed by atoms with Gasteiger partial charge in [0.15, 0.2) is 0 Å². The lowest BCUT2D eigenvalue weighted by atomic mass is 9.71. The number of nitrogens with one attached hydrogen (secondary N) is 1. The molecule has 1 aromatic heterocycles. The first-order valence-electron chi connectivity index (χ1n) is 10.7. The van der Waals surface area contributed by atoms with Gasteiger partial charge in [-0.25, -0.2) is 0 Å². The standard InChI is InChI=1S/C24H33N3O/c1-6-7-11-27(16(2)3)23(28)17-12-20-19-9-8-10-21-22(19)18(14-25-21)13-24(20,4)26(5)15-17/h8-10,12,14,16-17,25H,6-7,11,13,15H2,1-5H3/t17-,24-/m1/s1. The zero-order valence-electron chi connectivity index (χ0n) is 17.9. The minimum Gasteiger partial charge on any atom is -0.361 e. The molecule has 2 atom stereocenters. The van der Waals surface area contributed by atoms with Crippen LogP contribution in [0.15, 0.2) is 30.5 Å². The number of aromatic nitrogens is 1. The lowest BCUT2D eigenvalue weighted by molar-refractivity contribution is -0.136. The van der Waals surface area contributed by atoms with Crippen LogP contribution in [0.5, 0.6) is 0 Å². The van der Waals surface area contributed by atoms with Gasteiger partial charge in [0.05, 0.1) is 5.92 Å². The summed E-state index contributed by atoms with van der Waals surface area (Å²) >= 11 is 0. The van der Waals surface area contributed by atoms with Crippen LogP contribution in [0.3, 0.4) is 0 Å². The van der Waals surface area contributed by atoms with Crippen molar-refractivity contribution in [2.24, 2.45) is 5.92 Å². The second kappa shape index (κ2) is 7.07. The number of rotatable bonds is 5. The van der Waals surface area contributed by atoms with Crippen LogP contribution in [0.4, 0.5) is 0 Å². The fraction of sp³-hybridized carbons (Fsp3) is 0.542. The minimum atomic E-state index is -0.0805. The molecule has 0 bridgehead atoms. The first-order chi connectivity index (χ1) is 13.4. The molecule has 0 fully saturated rings. The van der Waals surface area contributed by atoms with Crippen molar-refractivity contribution in [2.45, 2.75) is 58.5 Å². The number of carbonyl (C=O) groups is 1. The summed E-state index contributed by atoms with van der Waals surface area (Å²) < 4.78 is 0. The molecule has 0 saturated heterocycles. The molecular weight excluding hydrogens is 346 g/mol. The van der Waals surface area contributed by atoms with E-state index in [1.54, 1.807) is 0 Å². The lowest BCUT2D eigenvalue weighted by Crippen LogP contribution is -2.55. The molecule has 0 saturated carbocycles. The number of nitrogens with zero attached hydrogens (tertiary/aromatic N) is 2. The van der Waals surface area contributed by atoms with Crippen LogP contribution in [0.25, 0.3) is 16.5 Å². The third-order valence-electron chi connectivity index (χ3n) is 6.85. The Balaban J connectivity index is 1.77. The van der Waals surface area contributed by atoms with Crippen molar-refractivity contribution in [2.75, 3.05) is 20.1 Å². The molecule has 28 heavy (non-hydrogen) atoms. The molecule has 4 rings (SSSR count). The normalized spacial score (nSPS) is 24.4. The number of fused-ring (bicyclic) bond motifs is 2. The number of H-pyrrole nitrogens is 1. The van der Waals surface area contributed by atoms with E-state index in [1.807, 2.05) is 0 Å². The molecule has 4 nitrogen and oxygen atoms in total. The Morgan fingerprint density at radius 1 is 1.39 bits per heavy atom. The number of aromatic amines is 1. The molecule has 2 aliphatic rings. The van der Waals surface area contributed by atoms with E-state index in [0.717, 1.165) is 32.4 Å². The van der Waals surface area contributed by atoms with E-state index in [-0.39, 0.29) is 23.4 Å². The summed E-state index contributed by atoms with van der Waals surface area (Å²) in [6.45, 7) is 10.4. The number of amides is 1. The number of hydrogen-bond donors (Lipinski definition) is 1. The maximum atomic E-state index is 13.5. The summed E-state index contributed by atoms with van der Waals surface area (Å²) in [5.41, 5.74) is 5.12. The van der Waals surface area contributed by atoms with Crippen LogP contribution in [-0.2, 0) is 11.2 Å². The van der Waals surface area contributed by atoms with Crippen LogP contribution in [0, 0.1) is 5.92 Å². The Bertz CT molecular complexity index is 925. The zero-order valence-corrected chi connectivity index (χ0v) is 17.9. The Hall–Kier alpha value is -2.07. The Morgan fingerprint density at radius 3 is 2.89 bits per heavy atom. The molecule has 2 aromatic rings. The molecule has 0 spiro atoms. The van der Waals surface area contributed by atoms with Crippen molar-refractivity contribution in [3.8, 4) is 0 Å². The van der Waals surface area contributed by atoms with Crippen LogP contribution in [0.1, 0.15) is 51.7 Å². The summed E-state index contributed by atoms with van der Waals surface area (Å²) in [5.74, 6) is 0.194. The highest BCUT2D eigenvalue weighted by Crippen LogP contribution is 2.47. The van der Waals surface area contributed by atoms with Crippen molar-refractivity contribution in [3.05, 3.63) is 41.6 Å². The van der Waals surface area contributed by atoms with E-state index in [1.165, 1.54) is 27.6 Å². The van der Waals surface area contributed by atoms with Crippen molar-refractivity contribution < 1.29 is 4.79 Å². The number of unbranched alkanes of at least 4 members (excludes halogenated alkanes) is 1. The van der Waals surface area contributed by atoms with Crippen molar-refractivity contribution in [1.29, 1.82) is 0 Å². The Morgan fingerprint density at radius 2 is 2.18 bits per heavy atom. The van der Waals surface area contributed by atoms with E-state index in [9.17, 15) is 4.79 Å². The van der Waals surface area contributed by atoms with Gasteiger partial charge in [-0.2, -0.15) is 0 Å². The van der Waals surface area contributed by atoms with Gasteiger partial charge in [-0.05, 0) is 63.4 Å². The average molecular weight is 380 g/mol. The smallest absolute Gasteiger partial charge is 0.231 e. The quantitative estimate of drug-likeness (QED) is 0.833.